The molecule has 2 amide bonds. The van der Waals surface area contributed by atoms with Gasteiger partial charge in [0.1, 0.15) is 5.69 Å². The van der Waals surface area contributed by atoms with Gasteiger partial charge in [0.2, 0.25) is 0 Å². The minimum Gasteiger partial charge on any atom is -0.479 e. The highest BCUT2D eigenvalue weighted by molar-refractivity contribution is 5.97. The quantitative estimate of drug-likeness (QED) is 0.243. The maximum Gasteiger partial charge on any atom is 0.416 e. The summed E-state index contributed by atoms with van der Waals surface area (Å²) in [6.45, 7) is 0.246. The molecule has 0 aliphatic rings. The first-order valence-corrected chi connectivity index (χ1v) is 10.2. The summed E-state index contributed by atoms with van der Waals surface area (Å²) in [6.07, 6.45) is -3.94. The molecule has 0 unspecified atom stereocenters. The number of nitrogens with one attached hydrogen (secondary N) is 4. The number of aromatic amines is 2. The Morgan fingerprint density at radius 2 is 1.89 bits per heavy atom. The lowest BCUT2D eigenvalue weighted by Crippen LogP contribution is -2.48. The monoisotopic (exact) mass is 494 g/mol. The number of amides is 2. The number of carbonyl (C=O) groups excluding carboxylic acids is 2. The van der Waals surface area contributed by atoms with Gasteiger partial charge in [-0.15, -0.1) is 0 Å². The number of H-pyrrole nitrogens is 2. The van der Waals surface area contributed by atoms with E-state index < -0.39 is 48.1 Å². The van der Waals surface area contributed by atoms with E-state index in [1.165, 1.54) is 18.5 Å². The van der Waals surface area contributed by atoms with Crippen molar-refractivity contribution >= 4 is 17.8 Å². The van der Waals surface area contributed by atoms with Gasteiger partial charge >= 0.3 is 12.1 Å². The lowest BCUT2D eigenvalue weighted by molar-refractivity contribution is -0.148. The van der Waals surface area contributed by atoms with Crippen LogP contribution in [0.5, 0.6) is 0 Å². The second-order valence-electron chi connectivity index (χ2n) is 7.46. The van der Waals surface area contributed by atoms with Gasteiger partial charge in [0, 0.05) is 25.2 Å². The van der Waals surface area contributed by atoms with Crippen molar-refractivity contribution in [3.63, 3.8) is 0 Å². The number of hydrogen-bond acceptors (Lipinski definition) is 6. The van der Waals surface area contributed by atoms with Crippen molar-refractivity contribution in [1.82, 2.24) is 30.8 Å². The van der Waals surface area contributed by atoms with Gasteiger partial charge in [-0.25, -0.2) is 9.78 Å². The van der Waals surface area contributed by atoms with Crippen LogP contribution in [0, 0.1) is 0 Å². The van der Waals surface area contributed by atoms with E-state index in [1.807, 2.05) is 0 Å². The molecule has 3 rings (SSSR count). The molecule has 0 aliphatic heterocycles. The normalized spacial score (nSPS) is 13.1. The number of rotatable bonds is 10. The summed E-state index contributed by atoms with van der Waals surface area (Å²) in [5.74, 6) is -3.31. The summed E-state index contributed by atoms with van der Waals surface area (Å²) in [4.78, 5) is 42.9. The van der Waals surface area contributed by atoms with Crippen LogP contribution in [0.15, 0.2) is 42.9 Å². The molecule has 3 aromatic rings. The van der Waals surface area contributed by atoms with Crippen molar-refractivity contribution in [2.45, 2.75) is 31.2 Å². The van der Waals surface area contributed by atoms with Crippen LogP contribution in [0.1, 0.15) is 37.8 Å². The molecule has 0 aliphatic carbocycles. The third-order valence-corrected chi connectivity index (χ3v) is 4.99. The Morgan fingerprint density at radius 1 is 1.14 bits per heavy atom. The molecule has 11 nitrogen and oxygen atoms in total. The number of benzene rings is 1. The van der Waals surface area contributed by atoms with Crippen molar-refractivity contribution in [3.05, 3.63) is 71.1 Å². The number of imidazole rings is 1. The van der Waals surface area contributed by atoms with Crippen molar-refractivity contribution in [1.29, 1.82) is 0 Å². The number of aliphatic carboxylic acids is 1. The van der Waals surface area contributed by atoms with Crippen LogP contribution in [0.25, 0.3) is 0 Å². The predicted molar refractivity (Wildman–Crippen MR) is 113 cm³/mol. The third-order valence-electron chi connectivity index (χ3n) is 4.99. The van der Waals surface area contributed by atoms with Gasteiger partial charge in [-0.2, -0.15) is 18.3 Å². The molecule has 35 heavy (non-hydrogen) atoms. The molecule has 0 saturated heterocycles. The van der Waals surface area contributed by atoms with Crippen molar-refractivity contribution < 1.29 is 37.8 Å². The van der Waals surface area contributed by atoms with Gasteiger partial charge in [0.25, 0.3) is 11.8 Å². The zero-order chi connectivity index (χ0) is 25.6. The molecular formula is C21H21F3N6O5. The Bertz CT molecular complexity index is 1180. The molecule has 6 N–H and O–H groups in total. The summed E-state index contributed by atoms with van der Waals surface area (Å²) in [5.41, 5.74) is -1.01. The van der Waals surface area contributed by atoms with Gasteiger partial charge in [0.05, 0.1) is 23.6 Å². The van der Waals surface area contributed by atoms with Crippen LogP contribution in [0.4, 0.5) is 13.2 Å². The zero-order valence-electron chi connectivity index (χ0n) is 18.0. The number of halogens is 3. The van der Waals surface area contributed by atoms with Gasteiger partial charge < -0.3 is 25.8 Å². The molecule has 0 spiro atoms. The molecule has 0 fully saturated rings. The molecule has 1 aromatic carbocycles. The highest BCUT2D eigenvalue weighted by atomic mass is 19.4. The molecule has 2 heterocycles. The van der Waals surface area contributed by atoms with E-state index in [1.54, 1.807) is 6.20 Å². The summed E-state index contributed by atoms with van der Waals surface area (Å²) in [6, 6.07) is 3.89. The first-order valence-electron chi connectivity index (χ1n) is 10.2. The molecule has 186 valence electrons. The summed E-state index contributed by atoms with van der Waals surface area (Å²) >= 11 is 0. The van der Waals surface area contributed by atoms with Crippen LogP contribution in [-0.2, 0) is 23.8 Å². The summed E-state index contributed by atoms with van der Waals surface area (Å²) < 4.78 is 39.9. The average molecular weight is 494 g/mol. The maximum absolute atomic E-state index is 13.3. The van der Waals surface area contributed by atoms with Crippen molar-refractivity contribution in [2.24, 2.45) is 0 Å². The van der Waals surface area contributed by atoms with Gasteiger partial charge in [-0.05, 0) is 18.1 Å². The number of carboxylic acid groups (broad SMARTS) is 1. The molecular weight excluding hydrogens is 473 g/mol. The highest BCUT2D eigenvalue weighted by Crippen LogP contribution is 2.32. The van der Waals surface area contributed by atoms with Crippen molar-refractivity contribution in [3.8, 4) is 0 Å². The summed E-state index contributed by atoms with van der Waals surface area (Å²) in [5, 5.41) is 30.0. The second-order valence-corrected chi connectivity index (χ2v) is 7.46. The first kappa shape index (κ1) is 25.4. The van der Waals surface area contributed by atoms with Crippen molar-refractivity contribution in [2.75, 3.05) is 6.54 Å². The highest BCUT2D eigenvalue weighted by Gasteiger charge is 2.35. The van der Waals surface area contributed by atoms with Gasteiger partial charge in [0.15, 0.2) is 11.8 Å². The Kier molecular flexibility index (Phi) is 7.86. The fourth-order valence-corrected chi connectivity index (χ4v) is 3.25. The predicted octanol–water partition coefficient (Wildman–Crippen LogP) is 0.911. The number of nitrogens with zero attached hydrogens (tertiary/aromatic N) is 2. The van der Waals surface area contributed by atoms with E-state index in [0.717, 1.165) is 23.9 Å². The third kappa shape index (κ3) is 6.66. The van der Waals surface area contributed by atoms with E-state index >= 15 is 0 Å². The zero-order valence-corrected chi connectivity index (χ0v) is 18.0. The van der Waals surface area contributed by atoms with Crippen LogP contribution in [-0.4, -0.2) is 66.9 Å². The average Bonchev–Trinajstić information content (AvgIpc) is 3.50. The van der Waals surface area contributed by atoms with Gasteiger partial charge in [-0.3, -0.25) is 14.7 Å². The minimum absolute atomic E-state index is 0.0741. The second kappa shape index (κ2) is 10.8. The largest absolute Gasteiger partial charge is 0.479 e. The van der Waals surface area contributed by atoms with Gasteiger partial charge in [-0.1, -0.05) is 18.2 Å². The van der Waals surface area contributed by atoms with Crippen LogP contribution < -0.4 is 10.6 Å². The van der Waals surface area contributed by atoms with E-state index in [4.69, 9.17) is 5.11 Å². The van der Waals surface area contributed by atoms with Crippen LogP contribution >= 0.6 is 0 Å². The first-order chi connectivity index (χ1) is 16.6. The number of aromatic nitrogens is 4. The Morgan fingerprint density at radius 3 is 2.54 bits per heavy atom. The lowest BCUT2D eigenvalue weighted by Gasteiger charge is -2.23. The van der Waals surface area contributed by atoms with Crippen LogP contribution in [0.3, 0.4) is 0 Å². The number of hydrogen-bond donors (Lipinski definition) is 6. The summed E-state index contributed by atoms with van der Waals surface area (Å²) in [7, 11) is 0. The maximum atomic E-state index is 13.3. The number of carbonyl (C=O) groups is 3. The fourth-order valence-electron chi connectivity index (χ4n) is 3.25. The molecule has 14 heteroatoms. The standard InChI is InChI=1S/C21H21F3N6O5/c22-21(23,24)13-4-2-1-3-11(13)7-14(17(31)20(34)35)28-19(33)16-8-15(29-30-16)18(32)26-6-5-12-9-25-10-27-12/h1-4,8-10,14,17,31H,5-7H2,(H,25,27)(H,26,32)(H,28,33)(H,29,30)(H,34,35)/t14-,17-/m1/s1. The van der Waals surface area contributed by atoms with Crippen LogP contribution in [0.2, 0.25) is 0 Å². The molecule has 0 saturated carbocycles. The van der Waals surface area contributed by atoms with E-state index in [0.29, 0.717) is 6.42 Å². The van der Waals surface area contributed by atoms with E-state index in [9.17, 15) is 32.7 Å². The SMILES string of the molecule is O=C(N[C@H](Cc1ccccc1C(F)(F)F)[C@@H](O)C(=O)O)c1cc(C(=O)NCCc2c[nH]cn2)[nH]n1. The Labute approximate surface area is 195 Å². The molecule has 0 bridgehead atoms. The topological polar surface area (TPSA) is 173 Å². The number of aliphatic hydroxyl groups excluding tert-OH is 1. The number of carboxylic acids is 1. The Hall–Kier alpha value is -4.20. The lowest BCUT2D eigenvalue weighted by atomic mass is 9.96. The van der Waals surface area contributed by atoms with E-state index in [2.05, 4.69) is 30.8 Å². The van der Waals surface area contributed by atoms with E-state index in [-0.39, 0.29) is 23.5 Å². The fraction of sp³-hybridized carbons (Fsp3) is 0.286. The molecule has 2 aromatic heterocycles. The minimum atomic E-state index is -4.72. The molecule has 0 radical (unpaired) electrons. The number of aliphatic hydroxyl groups is 1. The Balaban J connectivity index is 1.69. The molecule has 2 atom stereocenters. The smallest absolute Gasteiger partial charge is 0.416 e. The number of alkyl halides is 3.